The van der Waals surface area contributed by atoms with Crippen LogP contribution in [-0.2, 0) is 4.79 Å². The van der Waals surface area contributed by atoms with Crippen LogP contribution in [-0.4, -0.2) is 48.6 Å². The summed E-state index contributed by atoms with van der Waals surface area (Å²) in [6.45, 7) is 3.14. The normalized spacial score (nSPS) is 14.5. The fourth-order valence-electron chi connectivity index (χ4n) is 3.32. The average molecular weight is 347 g/mol. The van der Waals surface area contributed by atoms with E-state index in [2.05, 4.69) is 9.88 Å². The van der Waals surface area contributed by atoms with E-state index in [9.17, 15) is 4.79 Å². The molecule has 4 rings (SSSR count). The second kappa shape index (κ2) is 7.44. The molecule has 3 aromatic rings. The van der Waals surface area contributed by atoms with Crippen molar-refractivity contribution < 1.29 is 9.53 Å². The summed E-state index contributed by atoms with van der Waals surface area (Å²) in [6, 6.07) is 18.0. The summed E-state index contributed by atoms with van der Waals surface area (Å²) < 4.78 is 5.83. The first kappa shape index (κ1) is 16.4. The smallest absolute Gasteiger partial charge is 0.260 e. The highest BCUT2D eigenvalue weighted by molar-refractivity contribution is 5.88. The number of hydrogen-bond acceptors (Lipinski definition) is 4. The van der Waals surface area contributed by atoms with Gasteiger partial charge in [0.25, 0.3) is 5.91 Å². The first-order chi connectivity index (χ1) is 12.8. The van der Waals surface area contributed by atoms with Crippen molar-refractivity contribution in [2.45, 2.75) is 0 Å². The van der Waals surface area contributed by atoms with Gasteiger partial charge in [0.15, 0.2) is 6.61 Å². The molecule has 26 heavy (non-hydrogen) atoms. The van der Waals surface area contributed by atoms with Gasteiger partial charge in [-0.3, -0.25) is 9.78 Å². The minimum absolute atomic E-state index is 0.0345. The standard InChI is InChI=1S/C21H21N3O2/c25-21(16-26-20-7-3-5-17-4-1-2-6-19(17)20)24-14-12-23(13-15-24)18-8-10-22-11-9-18/h1-11H,12-16H2. The third-order valence-corrected chi connectivity index (χ3v) is 4.76. The van der Waals surface area contributed by atoms with Gasteiger partial charge >= 0.3 is 0 Å². The molecule has 1 aliphatic rings. The fourth-order valence-corrected chi connectivity index (χ4v) is 3.32. The maximum Gasteiger partial charge on any atom is 0.260 e. The molecule has 1 amide bonds. The number of nitrogens with zero attached hydrogens (tertiary/aromatic N) is 3. The van der Waals surface area contributed by atoms with Gasteiger partial charge in [0.2, 0.25) is 0 Å². The van der Waals surface area contributed by atoms with Crippen LogP contribution in [0.25, 0.3) is 10.8 Å². The quantitative estimate of drug-likeness (QED) is 0.728. The molecule has 0 unspecified atom stereocenters. The number of hydrogen-bond donors (Lipinski definition) is 0. The van der Waals surface area contributed by atoms with Crippen molar-refractivity contribution in [2.24, 2.45) is 0 Å². The summed E-state index contributed by atoms with van der Waals surface area (Å²) in [7, 11) is 0. The fraction of sp³-hybridized carbons (Fsp3) is 0.238. The van der Waals surface area contributed by atoms with Crippen LogP contribution >= 0.6 is 0 Å². The monoisotopic (exact) mass is 347 g/mol. The van der Waals surface area contributed by atoms with Crippen LogP contribution in [0.4, 0.5) is 5.69 Å². The van der Waals surface area contributed by atoms with Gasteiger partial charge in [-0.15, -0.1) is 0 Å². The largest absolute Gasteiger partial charge is 0.483 e. The van der Waals surface area contributed by atoms with E-state index in [1.165, 1.54) is 0 Å². The van der Waals surface area contributed by atoms with Crippen LogP contribution in [0.1, 0.15) is 0 Å². The van der Waals surface area contributed by atoms with Gasteiger partial charge in [0.05, 0.1) is 0 Å². The Balaban J connectivity index is 1.34. The number of aromatic nitrogens is 1. The number of benzene rings is 2. The molecule has 0 atom stereocenters. The molecule has 1 fully saturated rings. The minimum atomic E-state index is 0.0345. The van der Waals surface area contributed by atoms with Crippen LogP contribution in [0.5, 0.6) is 5.75 Å². The van der Waals surface area contributed by atoms with Gasteiger partial charge in [0.1, 0.15) is 5.75 Å². The number of amides is 1. The van der Waals surface area contributed by atoms with Crippen molar-refractivity contribution in [3.8, 4) is 5.75 Å². The Bertz CT molecular complexity index is 885. The zero-order valence-electron chi connectivity index (χ0n) is 14.5. The highest BCUT2D eigenvalue weighted by Gasteiger charge is 2.21. The zero-order valence-corrected chi connectivity index (χ0v) is 14.5. The molecular formula is C21H21N3O2. The molecule has 2 heterocycles. The lowest BCUT2D eigenvalue weighted by Crippen LogP contribution is -2.50. The Kier molecular flexibility index (Phi) is 4.69. The Morgan fingerprint density at radius 3 is 2.46 bits per heavy atom. The number of piperazine rings is 1. The molecule has 1 aliphatic heterocycles. The van der Waals surface area contributed by atoms with Crippen molar-refractivity contribution in [3.63, 3.8) is 0 Å². The van der Waals surface area contributed by atoms with Gasteiger partial charge in [0, 0.05) is 49.6 Å². The Hall–Kier alpha value is -3.08. The molecule has 0 spiro atoms. The van der Waals surface area contributed by atoms with Crippen molar-refractivity contribution in [3.05, 3.63) is 67.0 Å². The molecule has 132 valence electrons. The third kappa shape index (κ3) is 3.47. The summed E-state index contributed by atoms with van der Waals surface area (Å²) in [5.41, 5.74) is 1.15. The van der Waals surface area contributed by atoms with Crippen molar-refractivity contribution >= 4 is 22.4 Å². The van der Waals surface area contributed by atoms with Crippen LogP contribution in [0.15, 0.2) is 67.0 Å². The van der Waals surface area contributed by atoms with Gasteiger partial charge in [-0.25, -0.2) is 0 Å². The molecular weight excluding hydrogens is 326 g/mol. The van der Waals surface area contributed by atoms with Gasteiger partial charge in [-0.1, -0.05) is 36.4 Å². The molecule has 0 N–H and O–H groups in total. The molecule has 1 saturated heterocycles. The van der Waals surface area contributed by atoms with E-state index in [1.807, 2.05) is 59.5 Å². The van der Waals surface area contributed by atoms with E-state index in [0.29, 0.717) is 13.1 Å². The number of carbonyl (C=O) groups excluding carboxylic acids is 1. The van der Waals surface area contributed by atoms with E-state index >= 15 is 0 Å². The van der Waals surface area contributed by atoms with Crippen LogP contribution in [0.3, 0.4) is 0 Å². The number of anilines is 1. The second-order valence-corrected chi connectivity index (χ2v) is 6.34. The predicted molar refractivity (Wildman–Crippen MR) is 102 cm³/mol. The maximum absolute atomic E-state index is 12.5. The maximum atomic E-state index is 12.5. The van der Waals surface area contributed by atoms with Crippen LogP contribution in [0.2, 0.25) is 0 Å². The summed E-state index contributed by atoms with van der Waals surface area (Å²) in [4.78, 5) is 20.7. The number of fused-ring (bicyclic) bond motifs is 1. The summed E-state index contributed by atoms with van der Waals surface area (Å²) in [5.74, 6) is 0.791. The molecule has 0 bridgehead atoms. The second-order valence-electron chi connectivity index (χ2n) is 6.34. The van der Waals surface area contributed by atoms with Crippen molar-refractivity contribution in [1.29, 1.82) is 0 Å². The molecule has 0 aliphatic carbocycles. The number of rotatable bonds is 4. The SMILES string of the molecule is O=C(COc1cccc2ccccc12)N1CCN(c2ccncc2)CC1. The van der Waals surface area contributed by atoms with Crippen LogP contribution < -0.4 is 9.64 Å². The number of pyridine rings is 1. The molecule has 0 radical (unpaired) electrons. The molecule has 1 aromatic heterocycles. The van der Waals surface area contributed by atoms with E-state index in [4.69, 9.17) is 4.74 Å². The van der Waals surface area contributed by atoms with E-state index in [0.717, 1.165) is 35.3 Å². The highest BCUT2D eigenvalue weighted by Crippen LogP contribution is 2.25. The predicted octanol–water partition coefficient (Wildman–Crippen LogP) is 2.96. The van der Waals surface area contributed by atoms with Crippen molar-refractivity contribution in [2.75, 3.05) is 37.7 Å². The van der Waals surface area contributed by atoms with Crippen molar-refractivity contribution in [1.82, 2.24) is 9.88 Å². The molecule has 5 nitrogen and oxygen atoms in total. The lowest BCUT2D eigenvalue weighted by Gasteiger charge is -2.36. The first-order valence-corrected chi connectivity index (χ1v) is 8.84. The van der Waals surface area contributed by atoms with E-state index < -0.39 is 0 Å². The summed E-state index contributed by atoms with van der Waals surface area (Å²) in [5, 5.41) is 2.15. The molecule has 5 heteroatoms. The first-order valence-electron chi connectivity index (χ1n) is 8.84. The summed E-state index contributed by atoms with van der Waals surface area (Å²) >= 11 is 0. The average Bonchev–Trinajstić information content (AvgIpc) is 2.73. The Labute approximate surface area is 152 Å². The van der Waals surface area contributed by atoms with E-state index in [1.54, 1.807) is 12.4 Å². The lowest BCUT2D eigenvalue weighted by molar-refractivity contribution is -0.133. The van der Waals surface area contributed by atoms with Crippen LogP contribution in [0, 0.1) is 0 Å². The topological polar surface area (TPSA) is 45.7 Å². The Morgan fingerprint density at radius 1 is 0.923 bits per heavy atom. The van der Waals surface area contributed by atoms with Gasteiger partial charge in [-0.2, -0.15) is 0 Å². The summed E-state index contributed by atoms with van der Waals surface area (Å²) in [6.07, 6.45) is 3.59. The Morgan fingerprint density at radius 2 is 1.65 bits per heavy atom. The lowest BCUT2D eigenvalue weighted by atomic mass is 10.1. The number of carbonyl (C=O) groups is 1. The number of ether oxygens (including phenoxy) is 1. The third-order valence-electron chi connectivity index (χ3n) is 4.76. The van der Waals surface area contributed by atoms with E-state index in [-0.39, 0.29) is 12.5 Å². The van der Waals surface area contributed by atoms with Gasteiger partial charge < -0.3 is 14.5 Å². The zero-order chi connectivity index (χ0) is 17.8. The molecule has 0 saturated carbocycles. The molecule has 2 aromatic carbocycles. The van der Waals surface area contributed by atoms with Gasteiger partial charge in [-0.05, 0) is 23.6 Å². The minimum Gasteiger partial charge on any atom is -0.483 e. The highest BCUT2D eigenvalue weighted by atomic mass is 16.5.